The predicted molar refractivity (Wildman–Crippen MR) is 90.1 cm³/mol. The highest BCUT2D eigenvalue weighted by Crippen LogP contribution is 2.26. The van der Waals surface area contributed by atoms with Gasteiger partial charge in [0.15, 0.2) is 0 Å². The third-order valence-electron chi connectivity index (χ3n) is 4.08. The summed E-state index contributed by atoms with van der Waals surface area (Å²) in [5.41, 5.74) is 0. The molecule has 0 spiro atoms. The molecule has 1 saturated heterocycles. The lowest BCUT2D eigenvalue weighted by Crippen LogP contribution is -2.37. The molecule has 1 fully saturated rings. The van der Waals surface area contributed by atoms with Gasteiger partial charge in [0.1, 0.15) is 23.7 Å². The Balaban J connectivity index is 1.63. The second-order valence-corrected chi connectivity index (χ2v) is 5.79. The smallest absolute Gasteiger partial charge is 0.309 e. The van der Waals surface area contributed by atoms with Crippen LogP contribution in [0.1, 0.15) is 19.8 Å². The van der Waals surface area contributed by atoms with Gasteiger partial charge in [-0.3, -0.25) is 4.79 Å². The van der Waals surface area contributed by atoms with E-state index in [1.807, 2.05) is 6.92 Å². The van der Waals surface area contributed by atoms with Crippen LogP contribution >= 0.6 is 0 Å². The molecule has 0 aliphatic carbocycles. The maximum atomic E-state index is 13.2. The molecule has 2 heterocycles. The molecule has 1 aromatic heterocycles. The third-order valence-corrected chi connectivity index (χ3v) is 4.08. The first-order valence-electron chi connectivity index (χ1n) is 8.32. The first kappa shape index (κ1) is 17.1. The summed E-state index contributed by atoms with van der Waals surface area (Å²) in [4.78, 5) is 22.2. The highest BCUT2D eigenvalue weighted by molar-refractivity contribution is 5.72. The first-order chi connectivity index (χ1) is 12.2. The van der Waals surface area contributed by atoms with E-state index in [9.17, 15) is 9.18 Å². The number of halogens is 1. The van der Waals surface area contributed by atoms with Crippen molar-refractivity contribution in [2.75, 3.05) is 24.6 Å². The maximum absolute atomic E-state index is 13.2. The van der Waals surface area contributed by atoms with Crippen LogP contribution in [0.5, 0.6) is 11.6 Å². The van der Waals surface area contributed by atoms with E-state index in [0.29, 0.717) is 31.3 Å². The molecule has 0 amide bonds. The average molecular weight is 345 g/mol. The largest absolute Gasteiger partial charge is 0.466 e. The molecule has 6 nitrogen and oxygen atoms in total. The lowest BCUT2D eigenvalue weighted by atomic mass is 9.97. The van der Waals surface area contributed by atoms with Gasteiger partial charge < -0.3 is 14.4 Å². The number of carbonyl (C=O) groups excluding carboxylic acids is 1. The van der Waals surface area contributed by atoms with E-state index in [1.54, 1.807) is 18.2 Å². The van der Waals surface area contributed by atoms with Crippen LogP contribution in [0, 0.1) is 11.7 Å². The summed E-state index contributed by atoms with van der Waals surface area (Å²) >= 11 is 0. The van der Waals surface area contributed by atoms with E-state index in [0.717, 1.165) is 18.7 Å². The Morgan fingerprint density at radius 2 is 2.08 bits per heavy atom. The molecule has 0 saturated carbocycles. The molecule has 0 atom stereocenters. The van der Waals surface area contributed by atoms with Crippen LogP contribution < -0.4 is 9.64 Å². The SMILES string of the molecule is CCOC(=O)C1CCN(c2cc(Oc3cccc(F)c3)ncn2)CC1. The molecular formula is C18H20FN3O3. The molecule has 1 aromatic carbocycles. The minimum Gasteiger partial charge on any atom is -0.466 e. The summed E-state index contributed by atoms with van der Waals surface area (Å²) in [6.07, 6.45) is 2.87. The maximum Gasteiger partial charge on any atom is 0.309 e. The second-order valence-electron chi connectivity index (χ2n) is 5.79. The molecule has 1 aliphatic rings. The van der Waals surface area contributed by atoms with Crippen LogP contribution in [0.15, 0.2) is 36.7 Å². The third kappa shape index (κ3) is 4.43. The number of aromatic nitrogens is 2. The molecule has 132 valence electrons. The number of ether oxygens (including phenoxy) is 2. The fourth-order valence-electron chi connectivity index (χ4n) is 2.81. The molecule has 0 radical (unpaired) electrons. The van der Waals surface area contributed by atoms with E-state index < -0.39 is 0 Å². The van der Waals surface area contributed by atoms with Gasteiger partial charge in [0.2, 0.25) is 5.88 Å². The molecule has 25 heavy (non-hydrogen) atoms. The summed E-state index contributed by atoms with van der Waals surface area (Å²) in [6, 6.07) is 7.61. The van der Waals surface area contributed by atoms with Gasteiger partial charge in [0.05, 0.1) is 12.5 Å². The molecular weight excluding hydrogens is 325 g/mol. The van der Waals surface area contributed by atoms with Crippen molar-refractivity contribution in [3.8, 4) is 11.6 Å². The van der Waals surface area contributed by atoms with Gasteiger partial charge in [-0.1, -0.05) is 6.07 Å². The Kier molecular flexibility index (Phi) is 5.42. The number of nitrogens with zero attached hydrogens (tertiary/aromatic N) is 3. The predicted octanol–water partition coefficient (Wildman–Crippen LogP) is 3.19. The Morgan fingerprint density at radius 3 is 2.80 bits per heavy atom. The standard InChI is InChI=1S/C18H20FN3O3/c1-2-24-18(23)13-6-8-22(9-7-13)16-11-17(21-12-20-16)25-15-5-3-4-14(19)10-15/h3-5,10-13H,2,6-9H2,1H3. The summed E-state index contributed by atoms with van der Waals surface area (Å²) < 4.78 is 23.9. The summed E-state index contributed by atoms with van der Waals surface area (Å²) in [7, 11) is 0. The van der Waals surface area contributed by atoms with Crippen LogP contribution in [0.3, 0.4) is 0 Å². The van der Waals surface area contributed by atoms with Crippen molar-refractivity contribution in [2.24, 2.45) is 5.92 Å². The van der Waals surface area contributed by atoms with Crippen LogP contribution in [0.25, 0.3) is 0 Å². The van der Waals surface area contributed by atoms with E-state index in [4.69, 9.17) is 9.47 Å². The number of rotatable bonds is 5. The van der Waals surface area contributed by atoms with E-state index in [2.05, 4.69) is 14.9 Å². The van der Waals surface area contributed by atoms with Crippen LogP contribution in [-0.4, -0.2) is 35.6 Å². The van der Waals surface area contributed by atoms with Crippen molar-refractivity contribution >= 4 is 11.8 Å². The molecule has 1 aliphatic heterocycles. The Labute approximate surface area is 145 Å². The first-order valence-corrected chi connectivity index (χ1v) is 8.32. The Hall–Kier alpha value is -2.70. The van der Waals surface area contributed by atoms with Crippen LogP contribution in [0.4, 0.5) is 10.2 Å². The van der Waals surface area contributed by atoms with Crippen molar-refractivity contribution < 1.29 is 18.7 Å². The van der Waals surface area contributed by atoms with Crippen molar-refractivity contribution in [2.45, 2.75) is 19.8 Å². The van der Waals surface area contributed by atoms with E-state index in [1.165, 1.54) is 18.5 Å². The molecule has 0 unspecified atom stereocenters. The van der Waals surface area contributed by atoms with Crippen molar-refractivity contribution in [1.82, 2.24) is 9.97 Å². The highest BCUT2D eigenvalue weighted by Gasteiger charge is 2.26. The van der Waals surface area contributed by atoms with Gasteiger partial charge in [0.25, 0.3) is 0 Å². The number of benzene rings is 1. The number of hydrogen-bond donors (Lipinski definition) is 0. The van der Waals surface area contributed by atoms with Gasteiger partial charge in [-0.05, 0) is 31.9 Å². The quantitative estimate of drug-likeness (QED) is 0.776. The van der Waals surface area contributed by atoms with Gasteiger partial charge in [-0.2, -0.15) is 0 Å². The lowest BCUT2D eigenvalue weighted by Gasteiger charge is -2.31. The Bertz CT molecular complexity index is 733. The monoisotopic (exact) mass is 345 g/mol. The lowest BCUT2D eigenvalue weighted by molar-refractivity contribution is -0.148. The molecule has 7 heteroatoms. The van der Waals surface area contributed by atoms with E-state index >= 15 is 0 Å². The average Bonchev–Trinajstić information content (AvgIpc) is 2.62. The van der Waals surface area contributed by atoms with Crippen molar-refractivity contribution in [3.63, 3.8) is 0 Å². The fourth-order valence-corrected chi connectivity index (χ4v) is 2.81. The zero-order valence-electron chi connectivity index (χ0n) is 14.0. The van der Waals surface area contributed by atoms with Crippen molar-refractivity contribution in [3.05, 3.63) is 42.5 Å². The minimum atomic E-state index is -0.368. The van der Waals surface area contributed by atoms with E-state index in [-0.39, 0.29) is 17.7 Å². The Morgan fingerprint density at radius 1 is 1.28 bits per heavy atom. The highest BCUT2D eigenvalue weighted by atomic mass is 19.1. The van der Waals surface area contributed by atoms with Crippen LogP contribution in [0.2, 0.25) is 0 Å². The van der Waals surface area contributed by atoms with Gasteiger partial charge in [-0.25, -0.2) is 14.4 Å². The summed E-state index contributed by atoms with van der Waals surface area (Å²) in [6.45, 7) is 3.64. The number of hydrogen-bond acceptors (Lipinski definition) is 6. The van der Waals surface area contributed by atoms with Gasteiger partial charge in [-0.15, -0.1) is 0 Å². The second kappa shape index (κ2) is 7.92. The topological polar surface area (TPSA) is 64.5 Å². The normalized spacial score (nSPS) is 15.0. The van der Waals surface area contributed by atoms with Gasteiger partial charge in [0, 0.05) is 25.2 Å². The zero-order chi connectivity index (χ0) is 17.6. The fraction of sp³-hybridized carbons (Fsp3) is 0.389. The number of esters is 1. The van der Waals surface area contributed by atoms with Gasteiger partial charge >= 0.3 is 5.97 Å². The molecule has 2 aromatic rings. The molecule has 0 N–H and O–H groups in total. The van der Waals surface area contributed by atoms with Crippen LogP contribution in [-0.2, 0) is 9.53 Å². The molecule has 0 bridgehead atoms. The van der Waals surface area contributed by atoms with Crippen molar-refractivity contribution in [1.29, 1.82) is 0 Å². The summed E-state index contributed by atoms with van der Waals surface area (Å²) in [5, 5.41) is 0. The number of anilines is 1. The zero-order valence-corrected chi connectivity index (χ0v) is 14.0. The number of carbonyl (C=O) groups is 1. The summed E-state index contributed by atoms with van der Waals surface area (Å²) in [5.74, 6) is 0.909. The number of piperidine rings is 1. The minimum absolute atomic E-state index is 0.0546. The molecule has 3 rings (SSSR count).